The van der Waals surface area contributed by atoms with Gasteiger partial charge in [-0.25, -0.2) is 5.01 Å². The molecule has 0 unspecified atom stereocenters. The number of methoxy groups -OCH3 is 1. The predicted octanol–water partition coefficient (Wildman–Crippen LogP) is 2.62. The van der Waals surface area contributed by atoms with E-state index in [0.717, 1.165) is 37.2 Å². The van der Waals surface area contributed by atoms with Crippen LogP contribution in [0.3, 0.4) is 0 Å². The molecule has 2 aliphatic rings. The van der Waals surface area contributed by atoms with Crippen molar-refractivity contribution in [2.45, 2.75) is 19.8 Å². The van der Waals surface area contributed by atoms with E-state index >= 15 is 0 Å². The van der Waals surface area contributed by atoms with E-state index in [0.29, 0.717) is 43.3 Å². The minimum absolute atomic E-state index is 0.187. The molecule has 10 heteroatoms. The molecule has 0 N–H and O–H groups in total. The molecular formula is C28H35N5O5. The van der Waals surface area contributed by atoms with Gasteiger partial charge < -0.3 is 24.1 Å². The summed E-state index contributed by atoms with van der Waals surface area (Å²) in [6, 6.07) is 14.8. The van der Waals surface area contributed by atoms with Crippen LogP contribution in [-0.2, 0) is 14.4 Å². The molecule has 10 nitrogen and oxygen atoms in total. The van der Waals surface area contributed by atoms with Gasteiger partial charge in [-0.3, -0.25) is 9.59 Å². The molecule has 0 aromatic heterocycles. The van der Waals surface area contributed by atoms with Gasteiger partial charge in [0.15, 0.2) is 23.8 Å². The van der Waals surface area contributed by atoms with Gasteiger partial charge in [-0.2, -0.15) is 5.10 Å². The van der Waals surface area contributed by atoms with Gasteiger partial charge in [0.25, 0.3) is 11.8 Å². The van der Waals surface area contributed by atoms with Crippen molar-refractivity contribution < 1.29 is 23.9 Å². The van der Waals surface area contributed by atoms with Gasteiger partial charge in [0.2, 0.25) is 0 Å². The third kappa shape index (κ3) is 6.69. The molecule has 0 spiro atoms. The van der Waals surface area contributed by atoms with E-state index in [-0.39, 0.29) is 24.1 Å². The summed E-state index contributed by atoms with van der Waals surface area (Å²) in [5.74, 6) is 0.741. The van der Waals surface area contributed by atoms with E-state index in [4.69, 9.17) is 14.3 Å². The lowest BCUT2D eigenvalue weighted by Crippen LogP contribution is -2.49. The number of benzene rings is 2. The number of nitrogens with zero attached hydrogens (tertiary/aromatic N) is 5. The molecule has 1 fully saturated rings. The number of oxime groups is 1. The van der Waals surface area contributed by atoms with E-state index in [2.05, 4.69) is 15.2 Å². The maximum atomic E-state index is 13.3. The number of carbonyl (C=O) groups excluding carboxylic acids is 2. The van der Waals surface area contributed by atoms with Crippen LogP contribution in [0, 0.1) is 0 Å². The number of likely N-dealkylation sites (N-methyl/N-ethyl adjacent to an activating group) is 1. The second-order valence-electron chi connectivity index (χ2n) is 9.14. The van der Waals surface area contributed by atoms with Gasteiger partial charge in [-0.05, 0) is 45.0 Å². The first-order valence-electron chi connectivity index (χ1n) is 12.9. The van der Waals surface area contributed by atoms with Crippen molar-refractivity contribution in [3.63, 3.8) is 0 Å². The van der Waals surface area contributed by atoms with Crippen molar-refractivity contribution in [2.24, 2.45) is 10.3 Å². The first kappa shape index (κ1) is 27.1. The number of hydrogen-bond acceptors (Lipinski definition) is 8. The Morgan fingerprint density at radius 3 is 2.47 bits per heavy atom. The maximum Gasteiger partial charge on any atom is 0.283 e. The smallest absolute Gasteiger partial charge is 0.283 e. The average Bonchev–Trinajstić information content (AvgIpc) is 2.96. The van der Waals surface area contributed by atoms with Crippen LogP contribution in [-0.4, -0.2) is 98.1 Å². The van der Waals surface area contributed by atoms with Crippen molar-refractivity contribution in [1.82, 2.24) is 14.8 Å². The Morgan fingerprint density at radius 1 is 1.00 bits per heavy atom. The molecule has 4 rings (SSSR count). The fourth-order valence-electron chi connectivity index (χ4n) is 4.35. The molecule has 2 aromatic carbocycles. The van der Waals surface area contributed by atoms with Crippen LogP contribution in [0.2, 0.25) is 0 Å². The van der Waals surface area contributed by atoms with E-state index in [1.165, 1.54) is 5.01 Å². The quantitative estimate of drug-likeness (QED) is 0.372. The zero-order valence-corrected chi connectivity index (χ0v) is 22.3. The van der Waals surface area contributed by atoms with Crippen LogP contribution in [0.15, 0.2) is 58.8 Å². The first-order chi connectivity index (χ1) is 18.5. The molecule has 202 valence electrons. The lowest BCUT2D eigenvalue weighted by molar-refractivity contribution is -0.136. The summed E-state index contributed by atoms with van der Waals surface area (Å²) in [6.07, 6.45) is 1.50. The second-order valence-corrected chi connectivity index (χ2v) is 9.14. The lowest BCUT2D eigenvalue weighted by atomic mass is 10.0. The number of carbonyl (C=O) groups is 2. The summed E-state index contributed by atoms with van der Waals surface area (Å²) in [5.41, 5.74) is 2.49. The zero-order valence-electron chi connectivity index (χ0n) is 22.3. The van der Waals surface area contributed by atoms with E-state index in [9.17, 15) is 9.59 Å². The Kier molecular flexibility index (Phi) is 9.31. The van der Waals surface area contributed by atoms with Crippen molar-refractivity contribution >= 4 is 23.2 Å². The molecule has 0 radical (unpaired) electrons. The third-order valence-corrected chi connectivity index (χ3v) is 6.49. The lowest BCUT2D eigenvalue weighted by Gasteiger charge is -2.32. The van der Waals surface area contributed by atoms with E-state index in [1.807, 2.05) is 62.5 Å². The summed E-state index contributed by atoms with van der Waals surface area (Å²) >= 11 is 0. The fourth-order valence-corrected chi connectivity index (χ4v) is 4.35. The third-order valence-electron chi connectivity index (χ3n) is 6.49. The minimum Gasteiger partial charge on any atom is -0.493 e. The highest BCUT2D eigenvalue weighted by Gasteiger charge is 2.26. The zero-order chi connectivity index (χ0) is 26.9. The molecule has 0 saturated carbocycles. The molecule has 2 amide bonds. The molecule has 38 heavy (non-hydrogen) atoms. The summed E-state index contributed by atoms with van der Waals surface area (Å²) < 4.78 is 11.1. The summed E-state index contributed by atoms with van der Waals surface area (Å²) in [7, 11) is 3.63. The molecule has 1 saturated heterocycles. The topological polar surface area (TPSA) is 96.3 Å². The van der Waals surface area contributed by atoms with Crippen LogP contribution in [0.5, 0.6) is 11.5 Å². The highest BCUT2D eigenvalue weighted by Crippen LogP contribution is 2.29. The Hall–Kier alpha value is -3.92. The van der Waals surface area contributed by atoms with Crippen LogP contribution in [0.25, 0.3) is 0 Å². The van der Waals surface area contributed by atoms with Crippen LogP contribution < -0.4 is 9.47 Å². The van der Waals surface area contributed by atoms with Gasteiger partial charge in [0.1, 0.15) is 0 Å². The highest BCUT2D eigenvalue weighted by atomic mass is 16.6. The fraction of sp³-hybridized carbons (Fsp3) is 0.429. The minimum atomic E-state index is -0.330. The summed E-state index contributed by atoms with van der Waals surface area (Å²) in [5, 5.41) is 10.1. The Balaban J connectivity index is 1.45. The molecule has 0 atom stereocenters. The standard InChI is InChI=1S/C28H35N5O5/c1-4-37-25-19-22(12-13-24(25)36-3)23-11-8-14-33(29-23)26(34)20-38-30-27(21-9-6-5-7-10-21)28(35)32-17-15-31(2)16-18-32/h5-7,9-10,12-13,19H,4,8,11,14-18,20H2,1-3H3. The van der Waals surface area contributed by atoms with Gasteiger partial charge in [0.05, 0.1) is 19.4 Å². The van der Waals surface area contributed by atoms with Gasteiger partial charge in [-0.15, -0.1) is 0 Å². The van der Waals surface area contributed by atoms with Crippen molar-refractivity contribution in [1.29, 1.82) is 0 Å². The second kappa shape index (κ2) is 13.0. The van der Waals surface area contributed by atoms with Crippen LogP contribution in [0.1, 0.15) is 30.9 Å². The molecule has 2 aliphatic heterocycles. The average molecular weight is 522 g/mol. The number of ether oxygens (including phenoxy) is 2. The largest absolute Gasteiger partial charge is 0.493 e. The van der Waals surface area contributed by atoms with Crippen molar-refractivity contribution in [2.75, 3.05) is 60.1 Å². The Morgan fingerprint density at radius 2 is 1.76 bits per heavy atom. The van der Waals surface area contributed by atoms with Gasteiger partial charge in [0, 0.05) is 43.9 Å². The maximum absolute atomic E-state index is 13.3. The number of amides is 2. The summed E-state index contributed by atoms with van der Waals surface area (Å²) in [4.78, 5) is 35.6. The van der Waals surface area contributed by atoms with E-state index < -0.39 is 0 Å². The van der Waals surface area contributed by atoms with E-state index in [1.54, 1.807) is 12.0 Å². The first-order valence-corrected chi connectivity index (χ1v) is 12.9. The summed E-state index contributed by atoms with van der Waals surface area (Å²) in [6.45, 7) is 5.40. The van der Waals surface area contributed by atoms with Crippen LogP contribution in [0.4, 0.5) is 0 Å². The van der Waals surface area contributed by atoms with Gasteiger partial charge in [-0.1, -0.05) is 35.5 Å². The van der Waals surface area contributed by atoms with Crippen molar-refractivity contribution in [3.8, 4) is 11.5 Å². The Bertz CT molecular complexity index is 1180. The number of hydrogen-bond donors (Lipinski definition) is 0. The molecular weight excluding hydrogens is 486 g/mol. The molecule has 2 heterocycles. The van der Waals surface area contributed by atoms with Crippen LogP contribution >= 0.6 is 0 Å². The molecule has 2 aromatic rings. The van der Waals surface area contributed by atoms with Crippen molar-refractivity contribution in [3.05, 3.63) is 59.7 Å². The highest BCUT2D eigenvalue weighted by molar-refractivity contribution is 6.45. The molecule has 0 bridgehead atoms. The monoisotopic (exact) mass is 521 g/mol. The number of piperazine rings is 1. The SMILES string of the molecule is CCOc1cc(C2=NN(C(=O)CON=C(C(=O)N3CCN(C)CC3)c3ccccc3)CCC2)ccc1OC. The predicted molar refractivity (Wildman–Crippen MR) is 145 cm³/mol. The Labute approximate surface area is 223 Å². The molecule has 0 aliphatic carbocycles. The number of rotatable bonds is 9. The normalized spacial score (nSPS) is 16.6. The van der Waals surface area contributed by atoms with Gasteiger partial charge >= 0.3 is 0 Å². The number of hydrazone groups is 1.